The average Bonchev–Trinajstić information content (AvgIpc) is 3.25. The molecule has 1 aliphatic heterocycles. The molecule has 0 spiro atoms. The van der Waals surface area contributed by atoms with E-state index in [0.29, 0.717) is 40.9 Å². The largest absolute Gasteiger partial charge is 0.478 e. The van der Waals surface area contributed by atoms with Crippen molar-refractivity contribution in [1.82, 2.24) is 25.1 Å². The highest BCUT2D eigenvalue weighted by atomic mass is 19.1. The normalized spacial score (nSPS) is 16.4. The maximum atomic E-state index is 13.7. The van der Waals surface area contributed by atoms with E-state index in [0.717, 1.165) is 6.20 Å². The molecule has 0 fully saturated rings. The minimum absolute atomic E-state index is 0.287. The molecule has 10 heteroatoms. The Morgan fingerprint density at radius 1 is 1.38 bits per heavy atom. The van der Waals surface area contributed by atoms with E-state index >= 15 is 0 Å². The molecule has 3 aromatic heterocycles. The smallest absolute Gasteiger partial charge is 0.218 e. The monoisotopic (exact) mass is 399 g/mol. The molecule has 0 aromatic carbocycles. The van der Waals surface area contributed by atoms with Gasteiger partial charge in [-0.1, -0.05) is 0 Å². The molecule has 0 amide bonds. The van der Waals surface area contributed by atoms with Crippen LogP contribution in [0.3, 0.4) is 0 Å². The fraction of sp³-hybridized carbons (Fsp3) is 0.368. The Morgan fingerprint density at radius 2 is 2.21 bits per heavy atom. The number of nitrogens with one attached hydrogen (secondary N) is 2. The lowest BCUT2D eigenvalue weighted by atomic mass is 10.1. The minimum Gasteiger partial charge on any atom is -0.478 e. The summed E-state index contributed by atoms with van der Waals surface area (Å²) >= 11 is 0. The molecule has 4 rings (SSSR count). The molecule has 0 saturated carbocycles. The second-order valence-electron chi connectivity index (χ2n) is 7.10. The Kier molecular flexibility index (Phi) is 4.79. The summed E-state index contributed by atoms with van der Waals surface area (Å²) in [5, 5.41) is 7.58. The number of aliphatic imine (C=N–C) groups is 1. The van der Waals surface area contributed by atoms with Crippen LogP contribution in [0.5, 0.6) is 5.88 Å². The van der Waals surface area contributed by atoms with E-state index in [2.05, 4.69) is 30.9 Å². The van der Waals surface area contributed by atoms with Crippen LogP contribution < -0.4 is 15.5 Å². The highest BCUT2D eigenvalue weighted by Crippen LogP contribution is 2.27. The first-order valence-corrected chi connectivity index (χ1v) is 9.29. The van der Waals surface area contributed by atoms with Gasteiger partial charge in [0.05, 0.1) is 30.6 Å². The van der Waals surface area contributed by atoms with Gasteiger partial charge in [0.1, 0.15) is 11.6 Å². The molecule has 9 nitrogen and oxygen atoms in total. The lowest BCUT2D eigenvalue weighted by molar-refractivity contribution is -0.0269. The Balaban J connectivity index is 1.64. The van der Waals surface area contributed by atoms with Gasteiger partial charge in [0.2, 0.25) is 5.88 Å². The second kappa shape index (κ2) is 7.28. The number of ether oxygens (including phenoxy) is 1. The first kappa shape index (κ1) is 19.1. The van der Waals surface area contributed by atoms with Crippen LogP contribution in [0.2, 0.25) is 0 Å². The zero-order valence-corrected chi connectivity index (χ0v) is 16.6. The van der Waals surface area contributed by atoms with Gasteiger partial charge in [-0.25, -0.2) is 34.2 Å². The minimum atomic E-state index is -0.659. The van der Waals surface area contributed by atoms with Crippen LogP contribution in [-0.2, 0) is 4.84 Å². The van der Waals surface area contributed by atoms with Gasteiger partial charge in [0.15, 0.2) is 17.2 Å². The molecular formula is C19H22FN7O2. The zero-order valence-electron chi connectivity index (χ0n) is 16.6. The van der Waals surface area contributed by atoms with Crippen LogP contribution in [0.1, 0.15) is 44.9 Å². The van der Waals surface area contributed by atoms with Gasteiger partial charge in [-0.05, 0) is 39.8 Å². The lowest BCUT2D eigenvalue weighted by Gasteiger charge is -2.17. The zero-order chi connectivity index (χ0) is 20.6. The number of pyridine rings is 1. The van der Waals surface area contributed by atoms with E-state index in [1.807, 2.05) is 27.7 Å². The first-order chi connectivity index (χ1) is 13.9. The van der Waals surface area contributed by atoms with Crippen LogP contribution in [0.4, 0.5) is 10.2 Å². The lowest BCUT2D eigenvalue weighted by Crippen LogP contribution is -2.23. The van der Waals surface area contributed by atoms with Gasteiger partial charge >= 0.3 is 0 Å². The summed E-state index contributed by atoms with van der Waals surface area (Å²) in [5.74, 6) is 1.13. The standard InChI is InChI=1S/C19H22FN7O2/c1-5-28-18-13(8-12(20)9-21-18)11(2)23-15-6-7-27-17(24-15)14(10-22-27)16-25-19(3,4)29-26-16/h6-11H,5H2,1-4H3,(H,23,24)(H,25,26)/t11-/m1/s1. The third-order valence-electron chi connectivity index (χ3n) is 4.36. The summed E-state index contributed by atoms with van der Waals surface area (Å²) in [7, 11) is 0. The maximum Gasteiger partial charge on any atom is 0.218 e. The predicted octanol–water partition coefficient (Wildman–Crippen LogP) is 2.85. The van der Waals surface area contributed by atoms with Gasteiger partial charge in [0, 0.05) is 11.8 Å². The summed E-state index contributed by atoms with van der Waals surface area (Å²) in [5.41, 5.74) is 4.10. The number of fused-ring (bicyclic) bond motifs is 1. The quantitative estimate of drug-likeness (QED) is 0.658. The van der Waals surface area contributed by atoms with E-state index in [4.69, 9.17) is 9.57 Å². The molecule has 0 aliphatic carbocycles. The fourth-order valence-corrected chi connectivity index (χ4v) is 3.03. The third-order valence-corrected chi connectivity index (χ3v) is 4.36. The average molecular weight is 399 g/mol. The molecular weight excluding hydrogens is 377 g/mol. The second-order valence-corrected chi connectivity index (χ2v) is 7.10. The van der Waals surface area contributed by atoms with E-state index < -0.39 is 11.5 Å². The van der Waals surface area contributed by atoms with Crippen molar-refractivity contribution in [2.45, 2.75) is 39.5 Å². The Morgan fingerprint density at radius 3 is 2.93 bits per heavy atom. The van der Waals surface area contributed by atoms with Gasteiger partial charge in [-0.3, -0.25) is 0 Å². The number of aromatic nitrogens is 4. The van der Waals surface area contributed by atoms with Crippen LogP contribution >= 0.6 is 0 Å². The Labute approximate surface area is 166 Å². The number of anilines is 1. The van der Waals surface area contributed by atoms with Crippen LogP contribution in [-0.4, -0.2) is 37.7 Å². The molecule has 0 radical (unpaired) electrons. The van der Waals surface area contributed by atoms with E-state index in [1.54, 1.807) is 23.0 Å². The van der Waals surface area contributed by atoms with Crippen molar-refractivity contribution < 1.29 is 14.0 Å². The molecule has 0 saturated heterocycles. The molecule has 2 N–H and O–H groups in total. The summed E-state index contributed by atoms with van der Waals surface area (Å²) < 4.78 is 20.9. The Bertz CT molecular complexity index is 1080. The van der Waals surface area contributed by atoms with E-state index in [1.165, 1.54) is 6.07 Å². The highest BCUT2D eigenvalue weighted by molar-refractivity contribution is 6.03. The van der Waals surface area contributed by atoms with Crippen LogP contribution in [0.15, 0.2) is 35.7 Å². The van der Waals surface area contributed by atoms with Gasteiger partial charge in [0.25, 0.3) is 0 Å². The van der Waals surface area contributed by atoms with Crippen molar-refractivity contribution in [3.8, 4) is 5.88 Å². The Hall–Kier alpha value is -3.27. The number of hydrogen-bond acceptors (Lipinski definition) is 8. The number of nitrogens with zero attached hydrogens (tertiary/aromatic N) is 5. The highest BCUT2D eigenvalue weighted by Gasteiger charge is 2.28. The summed E-state index contributed by atoms with van der Waals surface area (Å²) in [6, 6.07) is 2.91. The first-order valence-electron chi connectivity index (χ1n) is 9.29. The maximum absolute atomic E-state index is 13.7. The van der Waals surface area contributed by atoms with Gasteiger partial charge in [-0.15, -0.1) is 0 Å². The predicted molar refractivity (Wildman–Crippen MR) is 105 cm³/mol. The third kappa shape index (κ3) is 3.83. The molecule has 1 atom stereocenters. The summed E-state index contributed by atoms with van der Waals surface area (Å²) in [6.45, 7) is 7.89. The number of hydroxylamine groups is 1. The molecule has 152 valence electrons. The van der Waals surface area contributed by atoms with E-state index in [-0.39, 0.29) is 6.04 Å². The number of rotatable bonds is 6. The van der Waals surface area contributed by atoms with Crippen LogP contribution in [0.25, 0.3) is 5.65 Å². The molecule has 3 aromatic rings. The topological polar surface area (TPSA) is 98.0 Å². The van der Waals surface area contributed by atoms with Crippen molar-refractivity contribution in [2.24, 2.45) is 4.99 Å². The molecule has 0 unspecified atom stereocenters. The van der Waals surface area contributed by atoms with Gasteiger partial charge < -0.3 is 10.1 Å². The summed E-state index contributed by atoms with van der Waals surface area (Å²) in [4.78, 5) is 18.6. The SMILES string of the molecule is CCOc1ncc(F)cc1[C@@H](C)Nc1ccn2ncc(C3=NC(C)(C)ON3)c2n1. The number of halogens is 1. The van der Waals surface area contributed by atoms with E-state index in [9.17, 15) is 4.39 Å². The van der Waals surface area contributed by atoms with Crippen molar-refractivity contribution >= 4 is 17.3 Å². The van der Waals surface area contributed by atoms with Crippen LogP contribution in [0, 0.1) is 5.82 Å². The fourth-order valence-electron chi connectivity index (χ4n) is 3.03. The van der Waals surface area contributed by atoms with Crippen molar-refractivity contribution in [2.75, 3.05) is 11.9 Å². The van der Waals surface area contributed by atoms with Crippen molar-refractivity contribution in [1.29, 1.82) is 0 Å². The summed E-state index contributed by atoms with van der Waals surface area (Å²) in [6.07, 6.45) is 4.61. The number of amidine groups is 1. The molecule has 29 heavy (non-hydrogen) atoms. The number of hydrogen-bond donors (Lipinski definition) is 2. The van der Waals surface area contributed by atoms with Crippen molar-refractivity contribution in [3.63, 3.8) is 0 Å². The molecule has 4 heterocycles. The molecule has 1 aliphatic rings. The van der Waals surface area contributed by atoms with Gasteiger partial charge in [-0.2, -0.15) is 5.10 Å². The van der Waals surface area contributed by atoms with Crippen molar-refractivity contribution in [3.05, 3.63) is 47.7 Å². The molecule has 0 bridgehead atoms.